The molecule has 1 saturated heterocycles. The van der Waals surface area contributed by atoms with Crippen LogP contribution in [0, 0.1) is 0 Å². The van der Waals surface area contributed by atoms with Crippen LogP contribution in [-0.4, -0.2) is 62.6 Å². The van der Waals surface area contributed by atoms with Crippen molar-refractivity contribution in [2.24, 2.45) is 0 Å². The van der Waals surface area contributed by atoms with Crippen LogP contribution in [0.2, 0.25) is 0 Å². The topological polar surface area (TPSA) is 117 Å². The van der Waals surface area contributed by atoms with Crippen LogP contribution < -0.4 is 10.9 Å². The Morgan fingerprint density at radius 3 is 2.50 bits per heavy atom. The van der Waals surface area contributed by atoms with E-state index in [2.05, 4.69) is 15.3 Å². The van der Waals surface area contributed by atoms with Crippen LogP contribution in [0.25, 0.3) is 11.0 Å². The van der Waals surface area contributed by atoms with Gasteiger partial charge in [0.2, 0.25) is 5.95 Å². The van der Waals surface area contributed by atoms with Crippen molar-refractivity contribution in [1.29, 1.82) is 0 Å². The number of halogens is 3. The van der Waals surface area contributed by atoms with Gasteiger partial charge in [0, 0.05) is 36.8 Å². The molecular formula is C19H24F3N5O4S. The fourth-order valence-electron chi connectivity index (χ4n) is 4.52. The Labute approximate surface area is 182 Å². The molecule has 0 unspecified atom stereocenters. The summed E-state index contributed by atoms with van der Waals surface area (Å²) < 4.78 is 63.3. The highest BCUT2D eigenvalue weighted by atomic mass is 32.2. The Morgan fingerprint density at radius 1 is 1.22 bits per heavy atom. The van der Waals surface area contributed by atoms with Crippen molar-refractivity contribution in [2.45, 2.75) is 62.2 Å². The Bertz CT molecular complexity index is 1170. The van der Waals surface area contributed by atoms with E-state index in [-0.39, 0.29) is 43.5 Å². The van der Waals surface area contributed by atoms with Gasteiger partial charge in [0.1, 0.15) is 5.65 Å². The summed E-state index contributed by atoms with van der Waals surface area (Å²) in [6, 6.07) is 2.24. The molecule has 1 aliphatic heterocycles. The summed E-state index contributed by atoms with van der Waals surface area (Å²) in [7, 11) is -5.34. The van der Waals surface area contributed by atoms with E-state index in [0.717, 1.165) is 6.42 Å². The third-order valence-corrected chi connectivity index (χ3v) is 7.91. The molecule has 0 amide bonds. The van der Waals surface area contributed by atoms with Gasteiger partial charge in [-0.15, -0.1) is 0 Å². The largest absolute Gasteiger partial charge is 0.511 e. The Hall–Kier alpha value is -2.25. The van der Waals surface area contributed by atoms with Crippen LogP contribution >= 0.6 is 0 Å². The Kier molecular flexibility index (Phi) is 5.70. The number of hydrogen-bond donors (Lipinski definition) is 2. The molecule has 4 rings (SSSR count). The molecule has 176 valence electrons. The minimum Gasteiger partial charge on any atom is -0.388 e. The highest BCUT2D eigenvalue weighted by molar-refractivity contribution is 7.90. The van der Waals surface area contributed by atoms with Gasteiger partial charge in [-0.25, -0.2) is 13.4 Å². The smallest absolute Gasteiger partial charge is 0.388 e. The molecule has 13 heteroatoms. The first-order valence-corrected chi connectivity index (χ1v) is 11.8. The van der Waals surface area contributed by atoms with E-state index in [9.17, 15) is 31.5 Å². The molecule has 2 atom stereocenters. The minimum absolute atomic E-state index is 0.148. The Morgan fingerprint density at radius 2 is 1.91 bits per heavy atom. The van der Waals surface area contributed by atoms with Crippen molar-refractivity contribution in [3.8, 4) is 0 Å². The van der Waals surface area contributed by atoms with Crippen LogP contribution in [0.3, 0.4) is 0 Å². The molecule has 2 N–H and O–H groups in total. The van der Waals surface area contributed by atoms with Crippen molar-refractivity contribution in [3.05, 3.63) is 28.7 Å². The number of sulfonamides is 1. The van der Waals surface area contributed by atoms with Gasteiger partial charge in [-0.2, -0.15) is 22.5 Å². The quantitative estimate of drug-likeness (QED) is 0.695. The zero-order valence-corrected chi connectivity index (χ0v) is 18.2. The van der Waals surface area contributed by atoms with Crippen LogP contribution in [0.4, 0.5) is 19.1 Å². The van der Waals surface area contributed by atoms with Crippen molar-refractivity contribution in [2.75, 3.05) is 18.4 Å². The molecule has 2 aromatic heterocycles. The number of piperidine rings is 1. The number of rotatable bonds is 4. The lowest BCUT2D eigenvalue weighted by Crippen LogP contribution is -2.47. The molecule has 0 radical (unpaired) electrons. The van der Waals surface area contributed by atoms with E-state index in [1.165, 1.54) is 16.8 Å². The molecule has 2 aromatic rings. The maximum atomic E-state index is 12.8. The van der Waals surface area contributed by atoms with Gasteiger partial charge < -0.3 is 10.4 Å². The van der Waals surface area contributed by atoms with Gasteiger partial charge in [-0.1, -0.05) is 0 Å². The first-order valence-electron chi connectivity index (χ1n) is 10.3. The molecule has 9 nitrogen and oxygen atoms in total. The van der Waals surface area contributed by atoms with Gasteiger partial charge in [-0.05, 0) is 45.1 Å². The average molecular weight is 475 g/mol. The van der Waals surface area contributed by atoms with E-state index < -0.39 is 27.2 Å². The monoisotopic (exact) mass is 475 g/mol. The highest BCUT2D eigenvalue weighted by Gasteiger charge is 2.50. The number of anilines is 1. The van der Waals surface area contributed by atoms with Crippen molar-refractivity contribution < 1.29 is 26.7 Å². The normalized spacial score (nSPS) is 26.0. The van der Waals surface area contributed by atoms with E-state index in [0.29, 0.717) is 28.2 Å². The van der Waals surface area contributed by atoms with Crippen molar-refractivity contribution in [3.63, 3.8) is 0 Å². The number of pyridine rings is 1. The second-order valence-electron chi connectivity index (χ2n) is 8.55. The number of fused-ring (bicyclic) bond motifs is 1. The predicted molar refractivity (Wildman–Crippen MR) is 111 cm³/mol. The molecule has 1 saturated carbocycles. The summed E-state index contributed by atoms with van der Waals surface area (Å²) in [6.07, 6.45) is 3.80. The number of aliphatic hydroxyl groups is 1. The summed E-state index contributed by atoms with van der Waals surface area (Å²) in [6.45, 7) is 1.14. The number of nitrogens with one attached hydrogen (secondary N) is 1. The van der Waals surface area contributed by atoms with Gasteiger partial charge >= 0.3 is 15.5 Å². The van der Waals surface area contributed by atoms with Crippen molar-refractivity contribution in [1.82, 2.24) is 18.8 Å². The molecular weight excluding hydrogens is 451 g/mol. The molecule has 0 bridgehead atoms. The lowest BCUT2D eigenvalue weighted by molar-refractivity contribution is -0.0494. The lowest BCUT2D eigenvalue weighted by Gasteiger charge is -2.32. The second kappa shape index (κ2) is 7.96. The second-order valence-corrected chi connectivity index (χ2v) is 10.5. The molecule has 2 aliphatic rings. The van der Waals surface area contributed by atoms with E-state index >= 15 is 0 Å². The summed E-state index contributed by atoms with van der Waals surface area (Å²) in [5.41, 5.74) is -6.30. The first kappa shape index (κ1) is 22.9. The number of alkyl halides is 3. The van der Waals surface area contributed by atoms with Gasteiger partial charge in [0.15, 0.2) is 0 Å². The van der Waals surface area contributed by atoms with Gasteiger partial charge in [0.25, 0.3) is 5.56 Å². The molecule has 0 spiro atoms. The van der Waals surface area contributed by atoms with Gasteiger partial charge in [0.05, 0.1) is 11.6 Å². The molecule has 3 heterocycles. The van der Waals surface area contributed by atoms with Gasteiger partial charge in [-0.3, -0.25) is 9.36 Å². The number of hydrogen-bond acceptors (Lipinski definition) is 7. The molecule has 1 aliphatic carbocycles. The molecule has 2 fully saturated rings. The van der Waals surface area contributed by atoms with E-state index in [1.54, 1.807) is 13.0 Å². The summed E-state index contributed by atoms with van der Waals surface area (Å²) in [4.78, 5) is 21.3. The third kappa shape index (κ3) is 4.08. The van der Waals surface area contributed by atoms with Crippen molar-refractivity contribution >= 4 is 27.0 Å². The fraction of sp³-hybridized carbons (Fsp3) is 0.632. The zero-order valence-electron chi connectivity index (χ0n) is 17.3. The lowest BCUT2D eigenvalue weighted by atomic mass is 10.00. The maximum absolute atomic E-state index is 12.8. The number of nitrogens with zero attached hydrogens (tertiary/aromatic N) is 4. The van der Waals surface area contributed by atoms with Crippen LogP contribution in [0.15, 0.2) is 23.1 Å². The zero-order chi connectivity index (χ0) is 23.3. The molecule has 32 heavy (non-hydrogen) atoms. The average Bonchev–Trinajstić information content (AvgIpc) is 3.06. The number of aromatic nitrogens is 3. The highest BCUT2D eigenvalue weighted by Crippen LogP contribution is 2.39. The standard InChI is InChI=1S/C19H24F3N5O4S/c1-18(29)8-2-3-14(18)27-15(28)5-4-12-11-23-17(25-16(12)27)24-13-6-9-26(10-7-13)32(30,31)19(20,21)22/h4-5,11,13-14,29H,2-3,6-10H2,1H3,(H,23,24,25)/t14-,18-/m0/s1. The fourth-order valence-corrected chi connectivity index (χ4v) is 5.50. The van der Waals surface area contributed by atoms with Crippen LogP contribution in [0.1, 0.15) is 45.1 Å². The van der Waals surface area contributed by atoms with E-state index in [4.69, 9.17) is 0 Å². The third-order valence-electron chi connectivity index (χ3n) is 6.28. The van der Waals surface area contributed by atoms with Crippen LogP contribution in [-0.2, 0) is 10.0 Å². The minimum atomic E-state index is -5.34. The SMILES string of the molecule is C[C@]1(O)CCC[C@@H]1n1c(=O)ccc2cnc(NC3CCN(S(=O)(=O)C(F)(F)F)CC3)nc21. The molecule has 0 aromatic carbocycles. The predicted octanol–water partition coefficient (Wildman–Crippen LogP) is 1.99. The van der Waals surface area contributed by atoms with Crippen LogP contribution in [0.5, 0.6) is 0 Å². The Balaban J connectivity index is 1.56. The summed E-state index contributed by atoms with van der Waals surface area (Å²) in [5, 5.41) is 14.4. The summed E-state index contributed by atoms with van der Waals surface area (Å²) >= 11 is 0. The first-order chi connectivity index (χ1) is 14.9. The maximum Gasteiger partial charge on any atom is 0.511 e. The summed E-state index contributed by atoms with van der Waals surface area (Å²) in [5.74, 6) is 0.187. The van der Waals surface area contributed by atoms with E-state index in [1.807, 2.05) is 0 Å².